The van der Waals surface area contributed by atoms with Crippen molar-refractivity contribution in [3.05, 3.63) is 76.9 Å². The number of hydrogen-bond donors (Lipinski definition) is 0. The molecule has 104 valence electrons. The van der Waals surface area contributed by atoms with Crippen LogP contribution in [0.2, 0.25) is 0 Å². The number of nitriles is 1. The Kier molecular flexibility index (Phi) is 4.68. The molecule has 21 heavy (non-hydrogen) atoms. The Morgan fingerprint density at radius 2 is 1.67 bits per heavy atom. The van der Waals surface area contributed by atoms with Crippen molar-refractivity contribution in [3.63, 3.8) is 0 Å². The summed E-state index contributed by atoms with van der Waals surface area (Å²) in [6, 6.07) is 16.9. The lowest BCUT2D eigenvalue weighted by molar-refractivity contribution is 0.104. The van der Waals surface area contributed by atoms with E-state index in [9.17, 15) is 4.79 Å². The average molecular weight is 275 g/mol. The predicted octanol–water partition coefficient (Wildman–Crippen LogP) is 4.58. The lowest BCUT2D eigenvalue weighted by Crippen LogP contribution is -1.93. The molecule has 2 nitrogen and oxygen atoms in total. The van der Waals surface area contributed by atoms with E-state index in [1.165, 1.54) is 5.56 Å². The molecule has 0 heterocycles. The first-order valence-corrected chi connectivity index (χ1v) is 6.92. The molecule has 0 saturated heterocycles. The second-order valence-corrected chi connectivity index (χ2v) is 5.21. The van der Waals surface area contributed by atoms with Gasteiger partial charge in [-0.25, -0.2) is 0 Å². The van der Waals surface area contributed by atoms with Gasteiger partial charge in [0.25, 0.3) is 0 Å². The molecule has 2 heteroatoms. The minimum absolute atomic E-state index is 0.0626. The molecule has 0 radical (unpaired) electrons. The smallest absolute Gasteiger partial charge is 0.185 e. The quantitative estimate of drug-likeness (QED) is 0.605. The van der Waals surface area contributed by atoms with Crippen LogP contribution in [0.5, 0.6) is 0 Å². The highest BCUT2D eigenvalue weighted by molar-refractivity contribution is 6.06. The minimum atomic E-state index is -0.0626. The number of rotatable bonds is 4. The lowest BCUT2D eigenvalue weighted by atomic mass is 10.0. The van der Waals surface area contributed by atoms with Crippen LogP contribution in [0.4, 0.5) is 0 Å². The summed E-state index contributed by atoms with van der Waals surface area (Å²) in [6.07, 6.45) is 3.37. The van der Waals surface area contributed by atoms with E-state index in [0.29, 0.717) is 17.0 Å². The van der Waals surface area contributed by atoms with Crippen molar-refractivity contribution >= 4 is 11.9 Å². The molecule has 0 bridgehead atoms. The van der Waals surface area contributed by atoms with Crippen molar-refractivity contribution in [3.8, 4) is 6.07 Å². The van der Waals surface area contributed by atoms with Gasteiger partial charge in [-0.05, 0) is 47.4 Å². The van der Waals surface area contributed by atoms with Crippen LogP contribution in [-0.2, 0) is 0 Å². The van der Waals surface area contributed by atoms with Crippen LogP contribution < -0.4 is 0 Å². The van der Waals surface area contributed by atoms with Crippen molar-refractivity contribution < 1.29 is 4.79 Å². The molecule has 0 aromatic heterocycles. The molecule has 0 fully saturated rings. The maximum Gasteiger partial charge on any atom is 0.185 e. The summed E-state index contributed by atoms with van der Waals surface area (Å²) < 4.78 is 0. The number of carbonyl (C=O) groups is 1. The van der Waals surface area contributed by atoms with Crippen molar-refractivity contribution in [1.82, 2.24) is 0 Å². The third kappa shape index (κ3) is 3.90. The summed E-state index contributed by atoms with van der Waals surface area (Å²) >= 11 is 0. The Morgan fingerprint density at radius 1 is 1.05 bits per heavy atom. The van der Waals surface area contributed by atoms with Crippen LogP contribution in [0.25, 0.3) is 6.08 Å². The third-order valence-corrected chi connectivity index (χ3v) is 3.33. The largest absolute Gasteiger partial charge is 0.289 e. The topological polar surface area (TPSA) is 40.9 Å². The van der Waals surface area contributed by atoms with Gasteiger partial charge in [-0.2, -0.15) is 5.26 Å². The van der Waals surface area contributed by atoms with E-state index in [0.717, 1.165) is 5.56 Å². The Balaban J connectivity index is 2.09. The number of ketones is 1. The summed E-state index contributed by atoms with van der Waals surface area (Å²) in [5.74, 6) is 0.440. The fraction of sp³-hybridized carbons (Fsp3) is 0.158. The maximum atomic E-state index is 12.0. The van der Waals surface area contributed by atoms with Gasteiger partial charge < -0.3 is 0 Å². The molecular formula is C19H17NO. The van der Waals surface area contributed by atoms with E-state index in [-0.39, 0.29) is 5.78 Å². The highest BCUT2D eigenvalue weighted by Crippen LogP contribution is 2.15. The molecule has 0 spiro atoms. The molecule has 0 aliphatic heterocycles. The van der Waals surface area contributed by atoms with Gasteiger partial charge in [0.05, 0.1) is 11.6 Å². The first kappa shape index (κ1) is 14.7. The second kappa shape index (κ2) is 6.67. The number of allylic oxidation sites excluding steroid dienone is 1. The monoisotopic (exact) mass is 275 g/mol. The SMILES string of the molecule is CC(C)c1ccc(/C=C/C(=O)c2ccc(C#N)cc2)cc1. The normalized spacial score (nSPS) is 10.8. The van der Waals surface area contributed by atoms with E-state index in [1.807, 2.05) is 24.3 Å². The molecule has 0 atom stereocenters. The Morgan fingerprint density at radius 3 is 2.19 bits per heavy atom. The Labute approximate surface area is 125 Å². The molecule has 0 aliphatic rings. The summed E-state index contributed by atoms with van der Waals surface area (Å²) in [5, 5.41) is 8.73. The molecule has 0 unspecified atom stereocenters. The Hall–Kier alpha value is -2.66. The van der Waals surface area contributed by atoms with Crippen LogP contribution in [-0.4, -0.2) is 5.78 Å². The molecule has 0 amide bonds. The van der Waals surface area contributed by atoms with Crippen LogP contribution in [0, 0.1) is 11.3 Å². The fourth-order valence-corrected chi connectivity index (χ4v) is 1.97. The molecule has 2 aromatic rings. The number of carbonyl (C=O) groups excluding carboxylic acids is 1. The standard InChI is InChI=1S/C19H17NO/c1-14(2)17-8-3-15(4-9-17)7-12-19(21)18-10-5-16(13-20)6-11-18/h3-12,14H,1-2H3/b12-7+. The maximum absolute atomic E-state index is 12.0. The highest BCUT2D eigenvalue weighted by Gasteiger charge is 2.02. The minimum Gasteiger partial charge on any atom is -0.289 e. The summed E-state index contributed by atoms with van der Waals surface area (Å²) in [6.45, 7) is 4.30. The zero-order chi connectivity index (χ0) is 15.2. The Bertz CT molecular complexity index is 686. The molecule has 2 aromatic carbocycles. The van der Waals surface area contributed by atoms with Gasteiger partial charge in [0.1, 0.15) is 0 Å². The van der Waals surface area contributed by atoms with Crippen LogP contribution in [0.3, 0.4) is 0 Å². The van der Waals surface area contributed by atoms with Crippen LogP contribution in [0.15, 0.2) is 54.6 Å². The lowest BCUT2D eigenvalue weighted by Gasteiger charge is -2.04. The van der Waals surface area contributed by atoms with E-state index in [2.05, 4.69) is 26.0 Å². The summed E-state index contributed by atoms with van der Waals surface area (Å²) in [4.78, 5) is 12.0. The average Bonchev–Trinajstić information content (AvgIpc) is 2.53. The van der Waals surface area contributed by atoms with Crippen molar-refractivity contribution in [1.29, 1.82) is 5.26 Å². The summed E-state index contributed by atoms with van der Waals surface area (Å²) in [5.41, 5.74) is 3.43. The zero-order valence-electron chi connectivity index (χ0n) is 12.2. The molecule has 0 aliphatic carbocycles. The van der Waals surface area contributed by atoms with Crippen molar-refractivity contribution in [2.24, 2.45) is 0 Å². The van der Waals surface area contributed by atoms with Gasteiger partial charge in [-0.15, -0.1) is 0 Å². The van der Waals surface area contributed by atoms with Gasteiger partial charge in [0.15, 0.2) is 5.78 Å². The van der Waals surface area contributed by atoms with Crippen molar-refractivity contribution in [2.45, 2.75) is 19.8 Å². The van der Waals surface area contributed by atoms with Gasteiger partial charge in [0.2, 0.25) is 0 Å². The number of nitrogens with zero attached hydrogens (tertiary/aromatic N) is 1. The first-order chi connectivity index (χ1) is 10.1. The van der Waals surface area contributed by atoms with Crippen LogP contribution >= 0.6 is 0 Å². The molecular weight excluding hydrogens is 258 g/mol. The van der Waals surface area contributed by atoms with E-state index in [4.69, 9.17) is 5.26 Å². The van der Waals surface area contributed by atoms with E-state index < -0.39 is 0 Å². The number of hydrogen-bond acceptors (Lipinski definition) is 2. The van der Waals surface area contributed by atoms with Gasteiger partial charge in [0, 0.05) is 5.56 Å². The van der Waals surface area contributed by atoms with Crippen molar-refractivity contribution in [2.75, 3.05) is 0 Å². The van der Waals surface area contributed by atoms with Gasteiger partial charge in [-0.3, -0.25) is 4.79 Å². The highest BCUT2D eigenvalue weighted by atomic mass is 16.1. The van der Waals surface area contributed by atoms with Gasteiger partial charge >= 0.3 is 0 Å². The zero-order valence-corrected chi connectivity index (χ0v) is 12.2. The summed E-state index contributed by atoms with van der Waals surface area (Å²) in [7, 11) is 0. The molecule has 0 saturated carbocycles. The van der Waals surface area contributed by atoms with E-state index in [1.54, 1.807) is 30.3 Å². The predicted molar refractivity (Wildman–Crippen MR) is 85.1 cm³/mol. The third-order valence-electron chi connectivity index (χ3n) is 3.33. The van der Waals surface area contributed by atoms with E-state index >= 15 is 0 Å². The first-order valence-electron chi connectivity index (χ1n) is 6.92. The van der Waals surface area contributed by atoms with Crippen LogP contribution in [0.1, 0.15) is 46.8 Å². The molecule has 2 rings (SSSR count). The molecule has 0 N–H and O–H groups in total. The van der Waals surface area contributed by atoms with Gasteiger partial charge in [-0.1, -0.05) is 44.2 Å². The number of benzene rings is 2. The fourth-order valence-electron chi connectivity index (χ4n) is 1.97. The second-order valence-electron chi connectivity index (χ2n) is 5.21.